The quantitative estimate of drug-likeness (QED) is 0.468. The van der Waals surface area contributed by atoms with E-state index in [0.717, 1.165) is 12.1 Å². The first-order valence-electron chi connectivity index (χ1n) is 4.94. The molecule has 18 heavy (non-hydrogen) atoms. The van der Waals surface area contributed by atoms with Gasteiger partial charge in [0.15, 0.2) is 0 Å². The van der Waals surface area contributed by atoms with E-state index in [2.05, 4.69) is 15.9 Å². The topological polar surface area (TPSA) is 43.1 Å². The highest BCUT2D eigenvalue weighted by Crippen LogP contribution is 2.33. The second-order valence-electron chi connectivity index (χ2n) is 3.41. The average Bonchev–Trinajstić information content (AvgIpc) is 2.28. The molecule has 0 fully saturated rings. The molecule has 0 amide bonds. The Bertz CT molecular complexity index is 472. The number of hydrogen-bond donors (Lipinski definition) is 0. The van der Waals surface area contributed by atoms with Gasteiger partial charge in [-0.25, -0.2) is 0 Å². The van der Waals surface area contributed by atoms with Crippen molar-refractivity contribution >= 4 is 27.7 Å². The fourth-order valence-electron chi connectivity index (χ4n) is 1.29. The molecule has 0 radical (unpaired) electrons. The molecule has 0 aliphatic rings. The molecule has 0 spiro atoms. The Morgan fingerprint density at radius 2 is 2.06 bits per heavy atom. The molecule has 0 aliphatic carbocycles. The summed E-state index contributed by atoms with van der Waals surface area (Å²) in [7, 11) is 0. The number of hydrogen-bond acceptors (Lipinski definition) is 2. The molecule has 7 heteroatoms. The fraction of sp³-hybridized carbons (Fsp3) is 0.273. The summed E-state index contributed by atoms with van der Waals surface area (Å²) >= 11 is 3.17. The maximum Gasteiger partial charge on any atom is 0.416 e. The van der Waals surface area contributed by atoms with Crippen molar-refractivity contribution in [3.63, 3.8) is 0 Å². The van der Waals surface area contributed by atoms with Crippen LogP contribution in [0.2, 0.25) is 0 Å². The molecule has 3 nitrogen and oxygen atoms in total. The van der Waals surface area contributed by atoms with E-state index in [1.165, 1.54) is 6.08 Å². The minimum absolute atomic E-state index is 0.161. The molecule has 0 heterocycles. The van der Waals surface area contributed by atoms with Crippen LogP contribution in [0.15, 0.2) is 24.3 Å². The zero-order valence-electron chi connectivity index (χ0n) is 9.08. The van der Waals surface area contributed by atoms with E-state index in [1.54, 1.807) is 6.08 Å². The Morgan fingerprint density at radius 3 is 2.56 bits per heavy atom. The molecule has 0 N–H and O–H groups in total. The van der Waals surface area contributed by atoms with Crippen LogP contribution in [-0.4, -0.2) is 10.3 Å². The molecular weight excluding hydrogens is 315 g/mol. The van der Waals surface area contributed by atoms with Crippen molar-refractivity contribution in [2.75, 3.05) is 5.33 Å². The highest BCUT2D eigenvalue weighted by molar-refractivity contribution is 9.09. The largest absolute Gasteiger partial charge is 0.416 e. The Labute approximate surface area is 110 Å². The third kappa shape index (κ3) is 3.83. The van der Waals surface area contributed by atoms with Crippen LogP contribution in [0.4, 0.5) is 18.9 Å². The Morgan fingerprint density at radius 1 is 1.39 bits per heavy atom. The number of nitro groups is 1. The highest BCUT2D eigenvalue weighted by Gasteiger charge is 2.32. The number of rotatable bonds is 4. The molecule has 0 unspecified atom stereocenters. The Balaban J connectivity index is 3.17. The van der Waals surface area contributed by atoms with Gasteiger partial charge in [-0.2, -0.15) is 13.2 Å². The van der Waals surface area contributed by atoms with Gasteiger partial charge in [0, 0.05) is 11.4 Å². The predicted octanol–water partition coefficient (Wildman–Crippen LogP) is 4.41. The molecule has 98 valence electrons. The third-order valence-corrected chi connectivity index (χ3v) is 2.59. The normalized spacial score (nSPS) is 12.0. The van der Waals surface area contributed by atoms with Crippen molar-refractivity contribution in [1.82, 2.24) is 0 Å². The zero-order chi connectivity index (χ0) is 13.8. The lowest BCUT2D eigenvalue weighted by Gasteiger charge is -2.07. The number of nitrogens with zero attached hydrogens (tertiary/aromatic N) is 1. The molecule has 0 aromatic heterocycles. The lowest BCUT2D eigenvalue weighted by Crippen LogP contribution is -2.06. The van der Waals surface area contributed by atoms with Crippen molar-refractivity contribution in [1.29, 1.82) is 0 Å². The van der Waals surface area contributed by atoms with Gasteiger partial charge in [-0.15, -0.1) is 0 Å². The van der Waals surface area contributed by atoms with Gasteiger partial charge in [0.2, 0.25) is 0 Å². The zero-order valence-corrected chi connectivity index (χ0v) is 10.7. The van der Waals surface area contributed by atoms with E-state index >= 15 is 0 Å². The Hall–Kier alpha value is -1.37. The molecule has 0 aliphatic heterocycles. The third-order valence-electron chi connectivity index (χ3n) is 2.13. The summed E-state index contributed by atoms with van der Waals surface area (Å²) in [4.78, 5) is 9.91. The molecule has 1 aromatic rings. The standard InChI is InChI=1S/C11H9BrF3NO2/c12-6-2-1-3-8-4-5-9(11(13,14)15)7-10(8)16(17)18/h1,3-5,7H,2,6H2. The van der Waals surface area contributed by atoms with Gasteiger partial charge in [0.05, 0.1) is 16.1 Å². The first kappa shape index (κ1) is 14.7. The van der Waals surface area contributed by atoms with Crippen molar-refractivity contribution in [3.05, 3.63) is 45.5 Å². The smallest absolute Gasteiger partial charge is 0.258 e. The number of halogens is 4. The van der Waals surface area contributed by atoms with E-state index in [0.29, 0.717) is 17.8 Å². The van der Waals surface area contributed by atoms with Gasteiger partial charge in [-0.3, -0.25) is 10.1 Å². The van der Waals surface area contributed by atoms with Gasteiger partial charge < -0.3 is 0 Å². The van der Waals surface area contributed by atoms with Crippen LogP contribution in [-0.2, 0) is 6.18 Å². The molecule has 1 aromatic carbocycles. The average molecular weight is 324 g/mol. The molecule has 0 atom stereocenters. The van der Waals surface area contributed by atoms with Gasteiger partial charge in [-0.05, 0) is 18.6 Å². The molecular formula is C11H9BrF3NO2. The monoisotopic (exact) mass is 323 g/mol. The molecule has 0 saturated carbocycles. The van der Waals surface area contributed by atoms with Crippen LogP contribution in [0.1, 0.15) is 17.5 Å². The van der Waals surface area contributed by atoms with Crippen LogP contribution in [0, 0.1) is 10.1 Å². The summed E-state index contributed by atoms with van der Waals surface area (Å²) in [5, 5.41) is 11.4. The van der Waals surface area contributed by atoms with E-state index < -0.39 is 22.4 Å². The second-order valence-corrected chi connectivity index (χ2v) is 4.20. The Kier molecular flexibility index (Phi) is 4.89. The van der Waals surface area contributed by atoms with Crippen LogP contribution in [0.25, 0.3) is 6.08 Å². The van der Waals surface area contributed by atoms with Crippen LogP contribution in [0.5, 0.6) is 0 Å². The number of benzene rings is 1. The van der Waals surface area contributed by atoms with E-state index in [1.807, 2.05) is 0 Å². The van der Waals surface area contributed by atoms with Crippen LogP contribution < -0.4 is 0 Å². The van der Waals surface area contributed by atoms with E-state index in [9.17, 15) is 23.3 Å². The van der Waals surface area contributed by atoms with Crippen molar-refractivity contribution < 1.29 is 18.1 Å². The van der Waals surface area contributed by atoms with Crippen molar-refractivity contribution in [2.24, 2.45) is 0 Å². The summed E-state index contributed by atoms with van der Waals surface area (Å²) < 4.78 is 37.3. The highest BCUT2D eigenvalue weighted by atomic mass is 79.9. The van der Waals surface area contributed by atoms with E-state index in [-0.39, 0.29) is 5.56 Å². The van der Waals surface area contributed by atoms with Crippen LogP contribution in [0.3, 0.4) is 0 Å². The predicted molar refractivity (Wildman–Crippen MR) is 65.5 cm³/mol. The van der Waals surface area contributed by atoms with Gasteiger partial charge in [0.1, 0.15) is 0 Å². The molecule has 0 saturated heterocycles. The summed E-state index contributed by atoms with van der Waals surface area (Å²) in [6.45, 7) is 0. The molecule has 1 rings (SSSR count). The first-order chi connectivity index (χ1) is 8.36. The number of nitro benzene ring substituents is 1. The number of allylic oxidation sites excluding steroid dienone is 1. The second kappa shape index (κ2) is 5.99. The van der Waals surface area contributed by atoms with Gasteiger partial charge >= 0.3 is 6.18 Å². The summed E-state index contributed by atoms with van der Waals surface area (Å²) in [6, 6.07) is 2.49. The fourth-order valence-corrected chi connectivity index (χ4v) is 1.56. The number of alkyl halides is 4. The lowest BCUT2D eigenvalue weighted by molar-refractivity contribution is -0.385. The summed E-state index contributed by atoms with van der Waals surface area (Å²) in [5.74, 6) is 0. The summed E-state index contributed by atoms with van der Waals surface area (Å²) in [5.41, 5.74) is -1.41. The maximum atomic E-state index is 12.4. The minimum atomic E-state index is -4.58. The van der Waals surface area contributed by atoms with Crippen molar-refractivity contribution in [3.8, 4) is 0 Å². The summed E-state index contributed by atoms with van der Waals surface area (Å²) in [6.07, 6.45) is -0.842. The van der Waals surface area contributed by atoms with Crippen LogP contribution >= 0.6 is 15.9 Å². The minimum Gasteiger partial charge on any atom is -0.258 e. The van der Waals surface area contributed by atoms with Crippen molar-refractivity contribution in [2.45, 2.75) is 12.6 Å². The molecule has 0 bridgehead atoms. The maximum absolute atomic E-state index is 12.4. The van der Waals surface area contributed by atoms with Gasteiger partial charge in [-0.1, -0.05) is 28.1 Å². The SMILES string of the molecule is O=[N+]([O-])c1cc(C(F)(F)F)ccc1C=CCCBr. The first-order valence-corrected chi connectivity index (χ1v) is 6.06. The lowest BCUT2D eigenvalue weighted by atomic mass is 10.1. The van der Waals surface area contributed by atoms with Gasteiger partial charge in [0.25, 0.3) is 5.69 Å². The van der Waals surface area contributed by atoms with E-state index in [4.69, 9.17) is 0 Å².